The summed E-state index contributed by atoms with van der Waals surface area (Å²) in [5.41, 5.74) is 1.74. The van der Waals surface area contributed by atoms with Crippen molar-refractivity contribution in [1.82, 2.24) is 49.8 Å². The molecule has 42 heteroatoms. The smallest absolute Gasteiger partial charge is 0.480 e. The first-order valence-electron chi connectivity index (χ1n) is 30.0. The number of hydrogen-bond acceptors (Lipinski definition) is 24. The monoisotopic (exact) mass is 1630 g/mol. The van der Waals surface area contributed by atoms with Crippen LogP contribution >= 0.6 is 0 Å². The molecule has 0 radical (unpaired) electrons. The number of carboxylic acid groups (broad SMARTS) is 10. The Balaban J connectivity index is 0.00000100. The molecule has 0 bridgehead atoms. The van der Waals surface area contributed by atoms with Crippen molar-refractivity contribution in [2.24, 2.45) is 0 Å². The Bertz CT molecular complexity index is 3310. The maximum Gasteiger partial charge on any atom is 3.00 e. The number of carbonyl (C=O) groups excluding carboxylic acids is 8. The number of hydrogen-bond donors (Lipinski definition) is 14. The third kappa shape index (κ3) is 37.6. The first-order chi connectivity index (χ1) is 47.0. The molecule has 2 heterocycles. The van der Waals surface area contributed by atoms with Gasteiger partial charge in [-0.2, -0.15) is 0 Å². The van der Waals surface area contributed by atoms with Crippen molar-refractivity contribution in [1.29, 1.82) is 0 Å². The molecule has 2 aliphatic rings. The van der Waals surface area contributed by atoms with Crippen LogP contribution in [0, 0.1) is 0 Å². The van der Waals surface area contributed by atoms with E-state index in [1.54, 1.807) is 24.3 Å². The summed E-state index contributed by atoms with van der Waals surface area (Å²) in [4.78, 5) is 218. The Morgan fingerprint density at radius 2 is 0.657 bits per heavy atom. The van der Waals surface area contributed by atoms with Gasteiger partial charge >= 0.3 is 111 Å². The second kappa shape index (κ2) is 46.7. The molecule has 2 aliphatic heterocycles. The number of nitrogens with one attached hydrogen (secondary N) is 4. The number of nitrogens with zero attached hydrogens (tertiary/aromatic N) is 8. The van der Waals surface area contributed by atoms with Gasteiger partial charge in [0.05, 0.1) is 72.0 Å². The van der Waals surface area contributed by atoms with Gasteiger partial charge < -0.3 is 72.3 Å². The van der Waals surface area contributed by atoms with Crippen LogP contribution in [0.1, 0.15) is 24.0 Å². The maximum atomic E-state index is 12.4. The number of aliphatic carboxylic acids is 10. The van der Waals surface area contributed by atoms with Gasteiger partial charge in [-0.1, -0.05) is 24.3 Å². The van der Waals surface area contributed by atoms with Crippen LogP contribution in [-0.2, 0) is 99.1 Å². The topological polar surface area (TPSA) is 584 Å². The van der Waals surface area contributed by atoms with Crippen molar-refractivity contribution in [2.75, 3.05) is 142 Å². The summed E-state index contributed by atoms with van der Waals surface area (Å²) in [5.74, 6) is -17.8. The molecular formula is C60H76In2N12O28+6. The molecule has 14 N–H and O–H groups in total. The fourth-order valence-corrected chi connectivity index (χ4v) is 9.80. The Hall–Kier alpha value is -9.72. The van der Waals surface area contributed by atoms with E-state index in [9.17, 15) is 117 Å². The fraction of sp³-hybridized carbons (Fsp3) is 0.433. The molecule has 2 aromatic rings. The van der Waals surface area contributed by atoms with Crippen molar-refractivity contribution in [3.63, 3.8) is 0 Å². The molecule has 0 unspecified atom stereocenters. The second-order valence-electron chi connectivity index (χ2n) is 22.2. The van der Waals surface area contributed by atoms with Crippen LogP contribution in [0.25, 0.3) is 0 Å². The number of imide groups is 2. The van der Waals surface area contributed by atoms with E-state index in [4.69, 9.17) is 20.4 Å². The van der Waals surface area contributed by atoms with Gasteiger partial charge in [-0.25, -0.2) is 0 Å². The van der Waals surface area contributed by atoms with Crippen LogP contribution in [-0.4, -0.2) is 392 Å². The van der Waals surface area contributed by atoms with Crippen molar-refractivity contribution in [3.8, 4) is 0 Å². The molecule has 102 heavy (non-hydrogen) atoms. The van der Waals surface area contributed by atoms with Crippen LogP contribution in [0.5, 0.6) is 0 Å². The summed E-state index contributed by atoms with van der Waals surface area (Å²) in [6, 6.07) is 10.5. The van der Waals surface area contributed by atoms with E-state index in [2.05, 4.69) is 21.3 Å². The number of anilines is 2. The molecule has 4 rings (SSSR count). The summed E-state index contributed by atoms with van der Waals surface area (Å²) in [6.07, 6.45) is 3.91. The molecule has 40 nitrogen and oxygen atoms in total. The third-order valence-electron chi connectivity index (χ3n) is 14.1. The Morgan fingerprint density at radius 1 is 0.353 bits per heavy atom. The molecular weight excluding hydrogens is 1560 g/mol. The van der Waals surface area contributed by atoms with Crippen LogP contribution in [0.4, 0.5) is 11.4 Å². The van der Waals surface area contributed by atoms with Crippen LogP contribution in [0.2, 0.25) is 0 Å². The summed E-state index contributed by atoms with van der Waals surface area (Å²) in [6.45, 7) is -8.83. The van der Waals surface area contributed by atoms with E-state index in [1.165, 1.54) is 34.1 Å². The zero-order valence-corrected chi connectivity index (χ0v) is 61.2. The van der Waals surface area contributed by atoms with Gasteiger partial charge in [0.15, 0.2) is 0 Å². The molecule has 544 valence electrons. The van der Waals surface area contributed by atoms with E-state index in [0.29, 0.717) is 22.5 Å². The molecule has 0 aromatic heterocycles. The van der Waals surface area contributed by atoms with Crippen LogP contribution < -0.4 is 21.3 Å². The summed E-state index contributed by atoms with van der Waals surface area (Å²) < 4.78 is 0. The fourth-order valence-electron chi connectivity index (χ4n) is 9.80. The van der Waals surface area contributed by atoms with Gasteiger partial charge in [0, 0.05) is 113 Å². The van der Waals surface area contributed by atoms with Crippen molar-refractivity contribution in [3.05, 3.63) is 84.0 Å². The first kappa shape index (κ1) is 90.3. The van der Waals surface area contributed by atoms with Gasteiger partial charge in [-0.15, -0.1) is 0 Å². The maximum absolute atomic E-state index is 12.4. The van der Waals surface area contributed by atoms with Gasteiger partial charge in [0.2, 0.25) is 23.6 Å². The zero-order valence-electron chi connectivity index (χ0n) is 54.6. The molecule has 0 fully saturated rings. The third-order valence-corrected chi connectivity index (χ3v) is 14.1. The van der Waals surface area contributed by atoms with Crippen molar-refractivity contribution < 1.29 is 137 Å². The van der Waals surface area contributed by atoms with Crippen molar-refractivity contribution >= 4 is 170 Å². The molecule has 0 aliphatic carbocycles. The number of carbonyl (C=O) groups is 18. The van der Waals surface area contributed by atoms with E-state index in [-0.39, 0.29) is 130 Å². The SMILES string of the molecule is O=C(O)CN(CCN(CC(=O)O)C[C@@H](Cc1ccc(NC(=O)CCNC(=O)CN2C(=O)C=CC2=O)cc1)N(CC(=O)O)CC(=O)O)CC(=O)O.O=C(O)CN(CCN(CC(=O)O)C[C@@H](Cc1ccc(NC(=O)CNC(=O)CCN2C(=O)C=CC2=O)cc1)N(CC(=O)O)CC(=O)O)CC(=O)O.[111In+3].[111In+3]. The summed E-state index contributed by atoms with van der Waals surface area (Å²) in [5, 5.41) is 103. The molecule has 2 atom stereocenters. The van der Waals surface area contributed by atoms with Crippen LogP contribution in [0.3, 0.4) is 0 Å². The first-order valence-corrected chi connectivity index (χ1v) is 30.0. The quantitative estimate of drug-likeness (QED) is 0.0274. The van der Waals surface area contributed by atoms with Crippen molar-refractivity contribution in [2.45, 2.75) is 37.8 Å². The minimum Gasteiger partial charge on any atom is -0.480 e. The Kier molecular flexibility index (Phi) is 41.3. The average Bonchev–Trinajstić information content (AvgIpc) is 1.70. The standard InChI is InChI=1S/2C30H38N6O14.2In/c37-22(7-8-36-24(39)5-6-25(36)40)31-12-23(38)32-20-3-1-19(2-4-20)11-21(35(17-29(47)48)18-30(49)50)13-33(14-26(41)42)9-10-34(15-27(43)44)16-28(45)46;37-22(7-8-31-23(38)13-36-24(39)5-6-25(36)40)32-20-3-1-19(2-4-20)11-21(35(17-29(47)48)18-30(49)50)12-33(14-26(41)42)9-10-34(15-27(43)44)16-28(45)46;;/h1-6,21H,7-18H2,(H,31,37)(H,32,38)(H,41,42)(H,43,44)(H,45,46)(H,47,48)(H,49,50);1-6,21H,7-18H2,(H,31,38)(H,32,37)(H,41,42)(H,43,44)(H,45,46)(H,47,48)(H,49,50);;/q;;2*+3/t2*21-;;/m11../s1/i;;2*1-4. The molecule has 8 amide bonds. The number of benzene rings is 2. The van der Waals surface area contributed by atoms with E-state index < -0.39 is 198 Å². The average molecular weight is 1640 g/mol. The van der Waals surface area contributed by atoms with Gasteiger partial charge in [0.25, 0.3) is 23.6 Å². The van der Waals surface area contributed by atoms with E-state index >= 15 is 0 Å². The predicted molar refractivity (Wildman–Crippen MR) is 349 cm³/mol. The molecule has 2 aromatic carbocycles. The van der Waals surface area contributed by atoms with Crippen LogP contribution in [0.15, 0.2) is 72.8 Å². The summed E-state index contributed by atoms with van der Waals surface area (Å²) in [7, 11) is 0. The Labute approximate surface area is 617 Å². The Morgan fingerprint density at radius 3 is 0.990 bits per heavy atom. The summed E-state index contributed by atoms with van der Waals surface area (Å²) >= 11 is 0. The zero-order chi connectivity index (χ0) is 74.8. The molecule has 0 saturated heterocycles. The number of amides is 8. The predicted octanol–water partition coefficient (Wildman–Crippen LogP) is -6.17. The minimum absolute atomic E-state index is 0. The minimum atomic E-state index is -1.35. The van der Waals surface area contributed by atoms with Gasteiger partial charge in [0.1, 0.15) is 6.54 Å². The van der Waals surface area contributed by atoms with Gasteiger partial charge in [-0.3, -0.25) is 126 Å². The second-order valence-corrected chi connectivity index (χ2v) is 22.2. The van der Waals surface area contributed by atoms with E-state index in [1.807, 2.05) is 0 Å². The largest absolute Gasteiger partial charge is 3.00 e. The normalized spacial score (nSPS) is 12.9. The van der Waals surface area contributed by atoms with Gasteiger partial charge in [-0.05, 0) is 48.2 Å². The number of carboxylic acids is 10. The molecule has 0 spiro atoms. The molecule has 0 saturated carbocycles. The van der Waals surface area contributed by atoms with E-state index in [0.717, 1.165) is 53.7 Å². The number of rotatable bonds is 48.